The summed E-state index contributed by atoms with van der Waals surface area (Å²) in [6, 6.07) is 6.00. The van der Waals surface area contributed by atoms with Gasteiger partial charge in [-0.05, 0) is 80.5 Å². The van der Waals surface area contributed by atoms with Gasteiger partial charge in [0.1, 0.15) is 45.5 Å². The fraction of sp³-hybridized carbons (Fsp3) is 0.343. The van der Waals surface area contributed by atoms with E-state index in [0.29, 0.717) is 10.7 Å². The van der Waals surface area contributed by atoms with Crippen molar-refractivity contribution >= 4 is 39.1 Å². The summed E-state index contributed by atoms with van der Waals surface area (Å²) in [6.45, 7) is 2.78. The fourth-order valence-corrected chi connectivity index (χ4v) is 7.81. The minimum atomic E-state index is -3.91. The Balaban J connectivity index is 1.54. The minimum Gasteiger partial charge on any atom is -0.378 e. The number of benzene rings is 1. The summed E-state index contributed by atoms with van der Waals surface area (Å²) in [7, 11) is -3.91. The zero-order chi connectivity index (χ0) is 39.9. The van der Waals surface area contributed by atoms with Crippen molar-refractivity contribution in [2.24, 2.45) is 11.7 Å². The normalized spacial score (nSPS) is 18.4. The molecule has 2 aliphatic rings. The summed E-state index contributed by atoms with van der Waals surface area (Å²) in [4.78, 5) is 18.3. The lowest BCUT2D eigenvalue weighted by Gasteiger charge is -2.29. The number of carbonyl (C=O) groups excluding carboxylic acids is 1. The van der Waals surface area contributed by atoms with E-state index in [1.165, 1.54) is 38.1 Å². The molecule has 4 heterocycles. The maximum atomic E-state index is 16.0. The highest BCUT2D eigenvalue weighted by atomic mass is 35.5. The van der Waals surface area contributed by atoms with Crippen LogP contribution in [0.3, 0.4) is 0 Å². The van der Waals surface area contributed by atoms with Crippen LogP contribution >= 0.6 is 11.6 Å². The van der Waals surface area contributed by atoms with Gasteiger partial charge in [-0.2, -0.15) is 13.9 Å². The number of amides is 1. The van der Waals surface area contributed by atoms with Crippen molar-refractivity contribution in [2.45, 2.75) is 62.5 Å². The molecule has 1 fully saturated rings. The number of sulfonamides is 1. The molecule has 12 nitrogen and oxygen atoms in total. The Bertz CT molecular complexity index is 2560. The molecule has 5 aromatic rings. The number of primary amides is 1. The van der Waals surface area contributed by atoms with Gasteiger partial charge < -0.3 is 10.8 Å². The molecule has 1 saturated carbocycles. The zero-order valence-corrected chi connectivity index (χ0v) is 30.4. The van der Waals surface area contributed by atoms with Crippen LogP contribution in [0.2, 0.25) is 5.15 Å². The number of fused-ring (bicyclic) bond motifs is 4. The van der Waals surface area contributed by atoms with Crippen LogP contribution in [-0.4, -0.2) is 60.7 Å². The van der Waals surface area contributed by atoms with Crippen LogP contribution in [0, 0.1) is 29.4 Å². The highest BCUT2D eigenvalue weighted by Gasteiger charge is 2.67. The minimum absolute atomic E-state index is 0.0454. The lowest BCUT2D eigenvalue weighted by Crippen LogP contribution is -2.37. The molecular formula is C35H29ClF6N8O4S. The molecule has 7 rings (SSSR count). The first kappa shape index (κ1) is 38.1. The van der Waals surface area contributed by atoms with E-state index in [1.54, 1.807) is 0 Å². The number of alkyl halides is 4. The molecule has 0 aliphatic heterocycles. The molecule has 0 radical (unpaired) electrons. The number of aliphatic hydroxyl groups is 1. The van der Waals surface area contributed by atoms with Gasteiger partial charge in [-0.25, -0.2) is 40.0 Å². The molecule has 4 N–H and O–H groups in total. The quantitative estimate of drug-likeness (QED) is 0.0929. The molecule has 1 amide bonds. The van der Waals surface area contributed by atoms with Crippen LogP contribution in [0.5, 0.6) is 0 Å². The van der Waals surface area contributed by atoms with E-state index in [2.05, 4.69) is 36.8 Å². The number of nitrogens with two attached hydrogens (primary N) is 1. The maximum Gasteiger partial charge on any atom is 0.293 e. The predicted octanol–water partition coefficient (Wildman–Crippen LogP) is 5.61. The number of nitrogens with one attached hydrogen (secondary N) is 1. The van der Waals surface area contributed by atoms with E-state index in [0.717, 1.165) is 22.8 Å². The van der Waals surface area contributed by atoms with Crippen LogP contribution < -0.4 is 10.5 Å². The SMILES string of the molecule is CC(C)(O)C#Cc1ccc(-c2ccc(Cl)n3c(NS(C)(=O)=O)nnc23)c([C@@H](Cc2cc(F)cc(F)c2)C(C(N)=O)n2nc(C(F)F)c3c2C(F)(F)[C@@H]2C[C@H]32)n1. The molecule has 0 spiro atoms. The third kappa shape index (κ3) is 7.09. The number of hydrogen-bond acceptors (Lipinski definition) is 8. The van der Waals surface area contributed by atoms with Crippen LogP contribution in [0.25, 0.3) is 16.8 Å². The second-order valence-electron chi connectivity index (χ2n) is 14.0. The highest BCUT2D eigenvalue weighted by molar-refractivity contribution is 7.92. The van der Waals surface area contributed by atoms with Crippen molar-refractivity contribution < 1.29 is 44.7 Å². The monoisotopic (exact) mass is 806 g/mol. The van der Waals surface area contributed by atoms with Crippen molar-refractivity contribution in [1.82, 2.24) is 29.4 Å². The van der Waals surface area contributed by atoms with Crippen molar-refractivity contribution in [2.75, 3.05) is 11.0 Å². The molecule has 55 heavy (non-hydrogen) atoms. The molecule has 20 heteroatoms. The van der Waals surface area contributed by atoms with Crippen molar-refractivity contribution in [3.8, 4) is 23.0 Å². The van der Waals surface area contributed by atoms with Gasteiger partial charge >= 0.3 is 0 Å². The average Bonchev–Trinajstić information content (AvgIpc) is 3.52. The Morgan fingerprint density at radius 3 is 2.40 bits per heavy atom. The second kappa shape index (κ2) is 13.2. The first-order valence-corrected chi connectivity index (χ1v) is 18.7. The van der Waals surface area contributed by atoms with Gasteiger partial charge in [-0.1, -0.05) is 17.5 Å². The predicted molar refractivity (Wildman–Crippen MR) is 186 cm³/mol. The van der Waals surface area contributed by atoms with Crippen LogP contribution in [0.1, 0.15) is 78.5 Å². The maximum absolute atomic E-state index is 16.0. The van der Waals surface area contributed by atoms with Gasteiger partial charge in [0.25, 0.3) is 12.3 Å². The Morgan fingerprint density at radius 2 is 1.78 bits per heavy atom. The number of halogens is 7. The van der Waals surface area contributed by atoms with Gasteiger partial charge in [0.15, 0.2) is 5.65 Å². The molecule has 288 valence electrons. The van der Waals surface area contributed by atoms with Crippen molar-refractivity contribution in [1.29, 1.82) is 0 Å². The summed E-state index contributed by atoms with van der Waals surface area (Å²) < 4.78 is 118. The zero-order valence-electron chi connectivity index (χ0n) is 28.8. The van der Waals surface area contributed by atoms with Crippen LogP contribution in [0.4, 0.5) is 32.3 Å². The smallest absolute Gasteiger partial charge is 0.293 e. The standard InChI is InChI=1S/C35H29ClF6N8O4S/c1-34(2,52)9-8-18-4-5-19(20-6-7-24(36)49-32(20)45-46-33(49)48-55(3,53)54)26(44-18)22(12-15-10-16(37)13-17(38)11-15)28(31(43)51)50-29-25(27(47-50)30(39)40)21-14-23(21)35(29,41)42/h4-7,10-11,13,21-23,28,30,52H,12,14H2,1-3H3,(H2,43,51)(H,46,48)/t21-,22+,23+,28?/m0/s1. The second-order valence-corrected chi connectivity index (χ2v) is 16.1. The largest absolute Gasteiger partial charge is 0.378 e. The summed E-state index contributed by atoms with van der Waals surface area (Å²) >= 11 is 6.45. The topological polar surface area (TPSA) is 170 Å². The van der Waals surface area contributed by atoms with E-state index in [1.807, 2.05) is 0 Å². The summed E-state index contributed by atoms with van der Waals surface area (Å²) in [5.41, 5.74) is 1.94. The van der Waals surface area contributed by atoms with E-state index in [9.17, 15) is 35.9 Å². The molecule has 1 unspecified atom stereocenters. The number of rotatable bonds is 10. The third-order valence-electron chi connectivity index (χ3n) is 9.28. The first-order chi connectivity index (χ1) is 25.6. The first-order valence-electron chi connectivity index (χ1n) is 16.5. The average molecular weight is 807 g/mol. The van der Waals surface area contributed by atoms with E-state index in [-0.39, 0.29) is 51.2 Å². The Labute approximate surface area is 313 Å². The van der Waals surface area contributed by atoms with Gasteiger partial charge in [0, 0.05) is 34.6 Å². The molecule has 0 bridgehead atoms. The van der Waals surface area contributed by atoms with Crippen LogP contribution in [-0.2, 0) is 27.2 Å². The number of pyridine rings is 2. The molecule has 4 atom stereocenters. The number of carbonyl (C=O) groups is 1. The number of anilines is 1. The van der Waals surface area contributed by atoms with Gasteiger partial charge in [0.2, 0.25) is 21.9 Å². The Hall–Kier alpha value is -5.19. The molecule has 4 aromatic heterocycles. The van der Waals surface area contributed by atoms with Crippen molar-refractivity contribution in [3.05, 3.63) is 93.2 Å². The number of hydrogen-bond donors (Lipinski definition) is 3. The third-order valence-corrected chi connectivity index (χ3v) is 10.1. The lowest BCUT2D eigenvalue weighted by molar-refractivity contribution is -0.122. The number of aromatic nitrogens is 6. The fourth-order valence-electron chi connectivity index (χ4n) is 7.12. The Kier molecular flexibility index (Phi) is 9.17. The molecule has 0 saturated heterocycles. The van der Waals surface area contributed by atoms with E-state index in [4.69, 9.17) is 17.3 Å². The Morgan fingerprint density at radius 1 is 1.11 bits per heavy atom. The van der Waals surface area contributed by atoms with Crippen molar-refractivity contribution in [3.63, 3.8) is 0 Å². The number of nitrogens with zero attached hydrogens (tertiary/aromatic N) is 6. The van der Waals surface area contributed by atoms with Gasteiger partial charge in [-0.3, -0.25) is 9.52 Å². The molecule has 2 aliphatic carbocycles. The van der Waals surface area contributed by atoms with E-state index < -0.39 is 92.7 Å². The lowest BCUT2D eigenvalue weighted by atomic mass is 9.84. The van der Waals surface area contributed by atoms with Crippen LogP contribution in [0.15, 0.2) is 42.5 Å². The molecular weight excluding hydrogens is 778 g/mol. The summed E-state index contributed by atoms with van der Waals surface area (Å²) in [5, 5.41) is 22.1. The highest BCUT2D eigenvalue weighted by Crippen LogP contribution is 2.68. The van der Waals surface area contributed by atoms with Gasteiger partial charge in [0.05, 0.1) is 11.9 Å². The van der Waals surface area contributed by atoms with E-state index >= 15 is 8.78 Å². The summed E-state index contributed by atoms with van der Waals surface area (Å²) in [6.07, 6.45) is -3.08. The summed E-state index contributed by atoms with van der Waals surface area (Å²) in [5.74, 6) is -5.97. The molecule has 1 aromatic carbocycles. The van der Waals surface area contributed by atoms with Gasteiger partial charge in [-0.15, -0.1) is 10.2 Å².